The highest BCUT2D eigenvalue weighted by Crippen LogP contribution is 2.37. The summed E-state index contributed by atoms with van der Waals surface area (Å²) in [6, 6.07) is 14.2. The highest BCUT2D eigenvalue weighted by Gasteiger charge is 2.17. The Morgan fingerprint density at radius 1 is 1.00 bits per heavy atom. The Morgan fingerprint density at radius 3 is 2.58 bits per heavy atom. The number of nitrogens with zero attached hydrogens (tertiary/aromatic N) is 2. The molecular formula is C21H17N2O+. The number of hydrogen-bond donors (Lipinski definition) is 0. The standard InChI is InChI=1S/C21H17N2O/c1-13-10-17-19(12-16(13)18-7-5-6-8-23(18)4)24-20-11-15(22-3)9-14(2)21(17)20/h5-12H,1-2,4H3/q+1. The number of aromatic nitrogens is 1. The highest BCUT2D eigenvalue weighted by molar-refractivity contribution is 6.08. The average molecular weight is 313 g/mol. The molecule has 0 atom stereocenters. The van der Waals surface area contributed by atoms with Gasteiger partial charge in [0.05, 0.1) is 12.1 Å². The molecule has 0 saturated heterocycles. The molecule has 3 nitrogen and oxygen atoms in total. The van der Waals surface area contributed by atoms with Crippen molar-refractivity contribution in [1.29, 1.82) is 0 Å². The van der Waals surface area contributed by atoms with Gasteiger partial charge in [0, 0.05) is 22.9 Å². The summed E-state index contributed by atoms with van der Waals surface area (Å²) in [5, 5.41) is 2.21. The van der Waals surface area contributed by atoms with E-state index in [9.17, 15) is 0 Å². The van der Waals surface area contributed by atoms with Crippen LogP contribution in [0.2, 0.25) is 0 Å². The fourth-order valence-corrected chi connectivity index (χ4v) is 3.39. The van der Waals surface area contributed by atoms with Gasteiger partial charge in [-0.05, 0) is 49.2 Å². The first kappa shape index (κ1) is 14.5. The Labute approximate surface area is 140 Å². The molecule has 0 bridgehead atoms. The van der Waals surface area contributed by atoms with Gasteiger partial charge in [-0.15, -0.1) is 0 Å². The van der Waals surface area contributed by atoms with E-state index < -0.39 is 0 Å². The first-order valence-electron chi connectivity index (χ1n) is 7.88. The second-order valence-corrected chi connectivity index (χ2v) is 6.21. The smallest absolute Gasteiger partial charge is 0.212 e. The van der Waals surface area contributed by atoms with E-state index in [0.29, 0.717) is 5.69 Å². The lowest BCUT2D eigenvalue weighted by molar-refractivity contribution is -0.660. The second-order valence-electron chi connectivity index (χ2n) is 6.21. The van der Waals surface area contributed by atoms with Crippen LogP contribution in [0.5, 0.6) is 0 Å². The maximum Gasteiger partial charge on any atom is 0.212 e. The van der Waals surface area contributed by atoms with E-state index in [1.807, 2.05) is 44.4 Å². The molecule has 3 heteroatoms. The lowest BCUT2D eigenvalue weighted by Gasteiger charge is -2.04. The molecule has 24 heavy (non-hydrogen) atoms. The van der Waals surface area contributed by atoms with E-state index in [2.05, 4.69) is 34.5 Å². The van der Waals surface area contributed by atoms with Crippen molar-refractivity contribution >= 4 is 27.6 Å². The van der Waals surface area contributed by atoms with Gasteiger partial charge in [-0.2, -0.15) is 0 Å². The minimum Gasteiger partial charge on any atom is -0.457 e. The Balaban J connectivity index is 2.06. The van der Waals surface area contributed by atoms with E-state index in [0.717, 1.165) is 38.8 Å². The van der Waals surface area contributed by atoms with Crippen LogP contribution in [0.25, 0.3) is 38.0 Å². The topological polar surface area (TPSA) is 21.4 Å². The zero-order chi connectivity index (χ0) is 16.8. The Hall–Kier alpha value is -3.12. The van der Waals surface area contributed by atoms with E-state index in [4.69, 9.17) is 11.0 Å². The molecule has 0 radical (unpaired) electrons. The molecule has 0 unspecified atom stereocenters. The van der Waals surface area contributed by atoms with Gasteiger partial charge in [-0.1, -0.05) is 6.07 Å². The third-order valence-electron chi connectivity index (χ3n) is 4.56. The molecule has 0 saturated carbocycles. The van der Waals surface area contributed by atoms with Crippen LogP contribution in [0.15, 0.2) is 53.1 Å². The van der Waals surface area contributed by atoms with Crippen LogP contribution in [0.3, 0.4) is 0 Å². The summed E-state index contributed by atoms with van der Waals surface area (Å²) in [5.41, 5.74) is 6.86. The molecule has 0 aliphatic carbocycles. The number of benzene rings is 2. The predicted octanol–water partition coefficient (Wildman–Crippen LogP) is 5.25. The van der Waals surface area contributed by atoms with Gasteiger partial charge in [0.2, 0.25) is 5.69 Å². The molecule has 0 aliphatic heterocycles. The molecule has 0 amide bonds. The van der Waals surface area contributed by atoms with Crippen molar-refractivity contribution in [2.45, 2.75) is 13.8 Å². The van der Waals surface area contributed by atoms with Crippen LogP contribution in [-0.4, -0.2) is 0 Å². The predicted molar refractivity (Wildman–Crippen MR) is 96.1 cm³/mol. The van der Waals surface area contributed by atoms with Crippen molar-refractivity contribution in [2.75, 3.05) is 0 Å². The highest BCUT2D eigenvalue weighted by atomic mass is 16.3. The molecule has 2 aromatic carbocycles. The Kier molecular flexibility index (Phi) is 3.14. The third-order valence-corrected chi connectivity index (χ3v) is 4.56. The molecule has 2 heterocycles. The molecule has 4 rings (SSSR count). The van der Waals surface area contributed by atoms with Gasteiger partial charge in [-0.3, -0.25) is 0 Å². The lowest BCUT2D eigenvalue weighted by atomic mass is 10.00. The normalized spacial score (nSPS) is 11.1. The van der Waals surface area contributed by atoms with Gasteiger partial charge in [0.1, 0.15) is 18.2 Å². The van der Waals surface area contributed by atoms with Crippen molar-refractivity contribution in [3.8, 4) is 11.3 Å². The lowest BCUT2D eigenvalue weighted by Crippen LogP contribution is -2.30. The van der Waals surface area contributed by atoms with E-state index in [-0.39, 0.29) is 0 Å². The maximum atomic E-state index is 7.23. The summed E-state index contributed by atoms with van der Waals surface area (Å²) >= 11 is 0. The van der Waals surface area contributed by atoms with E-state index in [1.165, 1.54) is 5.56 Å². The molecule has 0 aliphatic rings. The third kappa shape index (κ3) is 2.08. The number of rotatable bonds is 1. The van der Waals surface area contributed by atoms with Crippen molar-refractivity contribution in [3.63, 3.8) is 0 Å². The summed E-state index contributed by atoms with van der Waals surface area (Å²) in [4.78, 5) is 3.53. The van der Waals surface area contributed by atoms with Crippen LogP contribution in [-0.2, 0) is 7.05 Å². The molecule has 0 fully saturated rings. The summed E-state index contributed by atoms with van der Waals surface area (Å²) in [6.45, 7) is 11.4. The number of hydrogen-bond acceptors (Lipinski definition) is 1. The number of furan rings is 1. The quantitative estimate of drug-likeness (QED) is 0.347. The zero-order valence-electron chi connectivity index (χ0n) is 13.9. The first-order valence-corrected chi connectivity index (χ1v) is 7.88. The second kappa shape index (κ2) is 5.21. The van der Waals surface area contributed by atoms with Crippen molar-refractivity contribution < 1.29 is 8.98 Å². The van der Waals surface area contributed by atoms with Gasteiger partial charge < -0.3 is 4.42 Å². The molecule has 0 spiro atoms. The Bertz CT molecular complexity index is 1150. The fourth-order valence-electron chi connectivity index (χ4n) is 3.39. The average Bonchev–Trinajstić information content (AvgIpc) is 2.92. The van der Waals surface area contributed by atoms with Crippen LogP contribution in [0.1, 0.15) is 11.1 Å². The SMILES string of the molecule is [C-]#[N+]c1cc(C)c2c(c1)oc1cc(-c3cccc[n+]3C)c(C)cc12. The van der Waals surface area contributed by atoms with Crippen molar-refractivity contribution in [2.24, 2.45) is 7.05 Å². The summed E-state index contributed by atoms with van der Waals surface area (Å²) in [7, 11) is 2.05. The molecule has 4 aromatic rings. The van der Waals surface area contributed by atoms with Crippen molar-refractivity contribution in [1.82, 2.24) is 0 Å². The zero-order valence-corrected chi connectivity index (χ0v) is 13.9. The summed E-state index contributed by atoms with van der Waals surface area (Å²) < 4.78 is 8.19. The van der Waals surface area contributed by atoms with Crippen LogP contribution in [0.4, 0.5) is 5.69 Å². The monoisotopic (exact) mass is 313 g/mol. The molecule has 2 aromatic heterocycles. The number of fused-ring (bicyclic) bond motifs is 3. The fraction of sp³-hybridized carbons (Fsp3) is 0.143. The Morgan fingerprint density at radius 2 is 1.83 bits per heavy atom. The van der Waals surface area contributed by atoms with Gasteiger partial charge in [-0.25, -0.2) is 9.41 Å². The largest absolute Gasteiger partial charge is 0.457 e. The van der Waals surface area contributed by atoms with Crippen LogP contribution < -0.4 is 4.57 Å². The van der Waals surface area contributed by atoms with E-state index >= 15 is 0 Å². The van der Waals surface area contributed by atoms with Crippen molar-refractivity contribution in [3.05, 3.63) is 71.2 Å². The van der Waals surface area contributed by atoms with E-state index in [1.54, 1.807) is 0 Å². The molecule has 116 valence electrons. The van der Waals surface area contributed by atoms with Crippen LogP contribution in [0, 0.1) is 20.4 Å². The number of pyridine rings is 1. The minimum absolute atomic E-state index is 0.616. The van der Waals surface area contributed by atoms with Gasteiger partial charge in [0.15, 0.2) is 11.9 Å². The summed E-state index contributed by atoms with van der Waals surface area (Å²) in [5.74, 6) is 0. The van der Waals surface area contributed by atoms with Gasteiger partial charge in [0.25, 0.3) is 0 Å². The first-order chi connectivity index (χ1) is 11.6. The van der Waals surface area contributed by atoms with Gasteiger partial charge >= 0.3 is 0 Å². The molecular weight excluding hydrogens is 296 g/mol. The maximum absolute atomic E-state index is 7.23. The summed E-state index contributed by atoms with van der Waals surface area (Å²) in [6.07, 6.45) is 2.05. The van der Waals surface area contributed by atoms with Crippen LogP contribution >= 0.6 is 0 Å². The minimum atomic E-state index is 0.616. The number of aryl methyl sites for hydroxylation is 3. The molecule has 0 N–H and O–H groups in total.